The van der Waals surface area contributed by atoms with Gasteiger partial charge in [-0.1, -0.05) is 80.6 Å². The second kappa shape index (κ2) is 13.0. The highest BCUT2D eigenvalue weighted by atomic mass is 16.7. The number of hydrogen-bond acceptors (Lipinski definition) is 9. The molecule has 2 aromatic rings. The molecule has 9 nitrogen and oxygen atoms in total. The van der Waals surface area contributed by atoms with E-state index < -0.39 is 55.0 Å². The van der Waals surface area contributed by atoms with Crippen LogP contribution in [0.2, 0.25) is 0 Å². The Kier molecular flexibility index (Phi) is 9.26. The van der Waals surface area contributed by atoms with Crippen LogP contribution in [0.5, 0.6) is 0 Å². The molecule has 5 rings (SSSR count). The Hall–Kier alpha value is -2.82. The van der Waals surface area contributed by atoms with Crippen LogP contribution < -0.4 is 0 Å². The molecular formula is C30H36O9. The van der Waals surface area contributed by atoms with Crippen molar-refractivity contribution < 1.29 is 43.1 Å². The van der Waals surface area contributed by atoms with Gasteiger partial charge in [0, 0.05) is 5.56 Å². The van der Waals surface area contributed by atoms with Crippen molar-refractivity contribution in [2.24, 2.45) is 5.92 Å². The molecule has 39 heavy (non-hydrogen) atoms. The number of fused-ring (bicyclic) bond motifs is 1. The fourth-order valence-electron chi connectivity index (χ4n) is 5.64. The number of aliphatic hydroxyl groups is 1. The lowest BCUT2D eigenvalue weighted by Crippen LogP contribution is -2.64. The lowest BCUT2D eigenvalue weighted by Gasteiger charge is -2.48. The van der Waals surface area contributed by atoms with Crippen LogP contribution >= 0.6 is 0 Å². The number of rotatable bonds is 8. The van der Waals surface area contributed by atoms with E-state index in [1.54, 1.807) is 30.3 Å². The van der Waals surface area contributed by atoms with Gasteiger partial charge in [-0.25, -0.2) is 9.59 Å². The molecule has 0 amide bonds. The average Bonchev–Trinajstić information content (AvgIpc) is 2.99. The van der Waals surface area contributed by atoms with Crippen LogP contribution in [0.25, 0.3) is 0 Å². The fraction of sp³-hybridized carbons (Fsp3) is 0.533. The van der Waals surface area contributed by atoms with Crippen LogP contribution in [0.15, 0.2) is 60.7 Å². The van der Waals surface area contributed by atoms with Crippen LogP contribution in [0.1, 0.15) is 60.7 Å². The van der Waals surface area contributed by atoms with E-state index in [1.807, 2.05) is 30.3 Å². The van der Waals surface area contributed by atoms with Gasteiger partial charge in [0.05, 0.1) is 19.3 Å². The molecule has 1 aliphatic carbocycles. The quantitative estimate of drug-likeness (QED) is 0.498. The first-order chi connectivity index (χ1) is 19.0. The Morgan fingerprint density at radius 3 is 2.33 bits per heavy atom. The van der Waals surface area contributed by atoms with Crippen molar-refractivity contribution in [3.05, 3.63) is 71.8 Å². The molecule has 7 atom stereocenters. The van der Waals surface area contributed by atoms with Crippen LogP contribution in [0.4, 0.5) is 0 Å². The molecule has 0 bridgehead atoms. The summed E-state index contributed by atoms with van der Waals surface area (Å²) in [5, 5.41) is 11.0. The van der Waals surface area contributed by atoms with E-state index in [-0.39, 0.29) is 6.61 Å². The van der Waals surface area contributed by atoms with E-state index in [0.29, 0.717) is 17.9 Å². The van der Waals surface area contributed by atoms with Crippen LogP contribution in [0.3, 0.4) is 0 Å². The zero-order valence-corrected chi connectivity index (χ0v) is 22.1. The van der Waals surface area contributed by atoms with Gasteiger partial charge in [0.2, 0.25) is 0 Å². The van der Waals surface area contributed by atoms with Crippen molar-refractivity contribution in [1.29, 1.82) is 0 Å². The summed E-state index contributed by atoms with van der Waals surface area (Å²) in [5.74, 6) is -0.858. The number of carbonyl (C=O) groups is 2. The molecule has 2 heterocycles. The van der Waals surface area contributed by atoms with Crippen molar-refractivity contribution in [3.8, 4) is 0 Å². The van der Waals surface area contributed by atoms with E-state index in [9.17, 15) is 14.7 Å². The number of methoxy groups -OCH3 is 1. The molecule has 2 aliphatic heterocycles. The standard InChI is InChI=1S/C30H36O9/c1-34-28(32)22(17-19-11-5-2-6-12-19)36-25-24-23(18-35-30(39-24)21-15-9-4-10-16-21)37-29(33)26(25)38-27(31)20-13-7-3-8-14-20/h3-4,7-10,13-16,19,22-26,29-30,33H,2,5-6,11-12,17-18H2,1H3/t22-,23+,24-,25-,26+,29-,30-/m0/s1. The Morgan fingerprint density at radius 1 is 0.949 bits per heavy atom. The second-order valence-electron chi connectivity index (χ2n) is 10.3. The number of benzene rings is 2. The molecule has 210 valence electrons. The van der Waals surface area contributed by atoms with Crippen LogP contribution in [-0.4, -0.2) is 67.6 Å². The molecule has 0 spiro atoms. The van der Waals surface area contributed by atoms with Crippen LogP contribution in [0, 0.1) is 5.92 Å². The largest absolute Gasteiger partial charge is 0.467 e. The van der Waals surface area contributed by atoms with Gasteiger partial charge in [-0.3, -0.25) is 0 Å². The van der Waals surface area contributed by atoms with Gasteiger partial charge in [0.15, 0.2) is 24.8 Å². The highest BCUT2D eigenvalue weighted by Gasteiger charge is 2.53. The van der Waals surface area contributed by atoms with E-state index in [4.69, 9.17) is 28.4 Å². The maximum absolute atomic E-state index is 13.0. The summed E-state index contributed by atoms with van der Waals surface area (Å²) in [6, 6.07) is 17.9. The number of esters is 2. The Bertz CT molecular complexity index is 1070. The molecule has 9 heteroatoms. The zero-order valence-electron chi connectivity index (χ0n) is 22.1. The van der Waals surface area contributed by atoms with Crippen molar-refractivity contribution in [1.82, 2.24) is 0 Å². The lowest BCUT2D eigenvalue weighted by molar-refractivity contribution is -0.361. The van der Waals surface area contributed by atoms with Gasteiger partial charge in [-0.05, 0) is 24.5 Å². The normalized spacial score (nSPS) is 30.1. The topological polar surface area (TPSA) is 110 Å². The third kappa shape index (κ3) is 6.67. The molecule has 0 aromatic heterocycles. The first-order valence-electron chi connectivity index (χ1n) is 13.7. The van der Waals surface area contributed by atoms with Crippen molar-refractivity contribution in [2.45, 2.75) is 81.6 Å². The van der Waals surface area contributed by atoms with E-state index in [1.165, 1.54) is 13.5 Å². The summed E-state index contributed by atoms with van der Waals surface area (Å²) in [7, 11) is 1.32. The SMILES string of the molecule is COC(=O)[C@H](CC1CCCCC1)O[C@@H]1[C@@H](OC(=O)c2ccccc2)[C@@H](O)O[C@@H]2CO[C@H](c3ccccc3)O[C@H]12. The summed E-state index contributed by atoms with van der Waals surface area (Å²) >= 11 is 0. The summed E-state index contributed by atoms with van der Waals surface area (Å²) in [4.78, 5) is 26.0. The lowest BCUT2D eigenvalue weighted by atomic mass is 9.85. The summed E-state index contributed by atoms with van der Waals surface area (Å²) in [6.45, 7) is 0.117. The fourth-order valence-corrected chi connectivity index (χ4v) is 5.64. The van der Waals surface area contributed by atoms with E-state index in [2.05, 4.69) is 0 Å². The van der Waals surface area contributed by atoms with Crippen molar-refractivity contribution in [3.63, 3.8) is 0 Å². The molecular weight excluding hydrogens is 504 g/mol. The minimum atomic E-state index is -1.52. The number of hydrogen-bond donors (Lipinski definition) is 1. The minimum absolute atomic E-state index is 0.117. The van der Waals surface area contributed by atoms with E-state index in [0.717, 1.165) is 31.2 Å². The monoisotopic (exact) mass is 540 g/mol. The number of carbonyl (C=O) groups excluding carboxylic acids is 2. The Balaban J connectivity index is 1.43. The third-order valence-corrected chi connectivity index (χ3v) is 7.68. The predicted molar refractivity (Wildman–Crippen MR) is 138 cm³/mol. The Labute approximate surface area is 228 Å². The van der Waals surface area contributed by atoms with Crippen LogP contribution in [-0.2, 0) is 33.2 Å². The smallest absolute Gasteiger partial charge is 0.338 e. The molecule has 2 aromatic carbocycles. The maximum Gasteiger partial charge on any atom is 0.338 e. The summed E-state index contributed by atoms with van der Waals surface area (Å²) in [6.07, 6.45) is -1.06. The third-order valence-electron chi connectivity index (χ3n) is 7.68. The van der Waals surface area contributed by atoms with Crippen molar-refractivity contribution >= 4 is 11.9 Å². The zero-order chi connectivity index (χ0) is 27.2. The first kappa shape index (κ1) is 27.7. The van der Waals surface area contributed by atoms with Gasteiger partial charge in [-0.15, -0.1) is 0 Å². The van der Waals surface area contributed by atoms with E-state index >= 15 is 0 Å². The van der Waals surface area contributed by atoms with Gasteiger partial charge in [0.25, 0.3) is 0 Å². The van der Waals surface area contributed by atoms with Crippen molar-refractivity contribution in [2.75, 3.05) is 13.7 Å². The molecule has 1 saturated carbocycles. The first-order valence-corrected chi connectivity index (χ1v) is 13.7. The van der Waals surface area contributed by atoms with Gasteiger partial charge < -0.3 is 33.5 Å². The minimum Gasteiger partial charge on any atom is -0.467 e. The summed E-state index contributed by atoms with van der Waals surface area (Å²) in [5.41, 5.74) is 1.11. The maximum atomic E-state index is 13.0. The molecule has 1 N–H and O–H groups in total. The summed E-state index contributed by atoms with van der Waals surface area (Å²) < 4.78 is 35.4. The molecule has 0 radical (unpaired) electrons. The predicted octanol–water partition coefficient (Wildman–Crippen LogP) is 3.94. The number of aliphatic hydroxyl groups excluding tert-OH is 1. The Morgan fingerprint density at radius 2 is 1.64 bits per heavy atom. The molecule has 3 fully saturated rings. The van der Waals surface area contributed by atoms with Gasteiger partial charge >= 0.3 is 11.9 Å². The van der Waals surface area contributed by atoms with Gasteiger partial charge in [-0.2, -0.15) is 0 Å². The highest BCUT2D eigenvalue weighted by Crippen LogP contribution is 2.38. The highest BCUT2D eigenvalue weighted by molar-refractivity contribution is 5.89. The second-order valence-corrected chi connectivity index (χ2v) is 10.3. The van der Waals surface area contributed by atoms with Gasteiger partial charge in [0.1, 0.15) is 18.3 Å². The molecule has 0 unspecified atom stereocenters. The molecule has 2 saturated heterocycles. The number of ether oxygens (including phenoxy) is 6. The molecule has 3 aliphatic rings. The average molecular weight is 541 g/mol.